The Morgan fingerprint density at radius 1 is 0.882 bits per heavy atom. The third kappa shape index (κ3) is 4.83. The molecule has 2 aromatic carbocycles. The number of hydrogen-bond donors (Lipinski definition) is 0. The second-order valence-electron chi connectivity index (χ2n) is 7.91. The summed E-state index contributed by atoms with van der Waals surface area (Å²) < 4.78 is 21.8. The molecule has 0 spiro atoms. The van der Waals surface area contributed by atoms with E-state index >= 15 is 0 Å². The van der Waals surface area contributed by atoms with Crippen molar-refractivity contribution in [2.24, 2.45) is 0 Å². The van der Waals surface area contributed by atoms with Gasteiger partial charge in [-0.25, -0.2) is 0 Å². The molecule has 1 saturated heterocycles. The largest absolute Gasteiger partial charge is 0.494 e. The number of ether oxygens (including phenoxy) is 4. The van der Waals surface area contributed by atoms with Crippen molar-refractivity contribution < 1.29 is 23.7 Å². The fourth-order valence-corrected chi connectivity index (χ4v) is 3.92. The quantitative estimate of drug-likeness (QED) is 0.530. The summed E-state index contributed by atoms with van der Waals surface area (Å²) in [5.74, 6) is 3.50. The molecule has 34 heavy (non-hydrogen) atoms. The van der Waals surface area contributed by atoms with Gasteiger partial charge in [0.05, 0.1) is 12.3 Å². The number of aromatic nitrogens is 2. The molecule has 1 aromatic heterocycles. The molecule has 0 aliphatic carbocycles. The zero-order valence-electron chi connectivity index (χ0n) is 19.0. The highest BCUT2D eigenvalue weighted by Crippen LogP contribution is 2.35. The van der Waals surface area contributed by atoms with E-state index in [0.717, 1.165) is 22.8 Å². The SMILES string of the molecule is CCOc1ccc(-c2ccc(N3CCN(C(=O)COc4ccc5c(c4)OCO5)CC3)nn2)cc1. The average molecular weight is 463 g/mol. The third-order valence-electron chi connectivity index (χ3n) is 5.77. The summed E-state index contributed by atoms with van der Waals surface area (Å²) in [5.41, 5.74) is 1.79. The van der Waals surface area contributed by atoms with Crippen LogP contribution in [0.1, 0.15) is 6.92 Å². The lowest BCUT2D eigenvalue weighted by Crippen LogP contribution is -2.50. The van der Waals surface area contributed by atoms with Gasteiger partial charge in [0.2, 0.25) is 6.79 Å². The van der Waals surface area contributed by atoms with E-state index in [9.17, 15) is 4.79 Å². The Morgan fingerprint density at radius 2 is 1.65 bits per heavy atom. The van der Waals surface area contributed by atoms with Crippen LogP contribution in [-0.2, 0) is 4.79 Å². The molecule has 1 amide bonds. The first-order chi connectivity index (χ1) is 16.7. The van der Waals surface area contributed by atoms with Gasteiger partial charge in [0, 0.05) is 37.8 Å². The molecule has 0 saturated carbocycles. The number of carbonyl (C=O) groups is 1. The van der Waals surface area contributed by atoms with Gasteiger partial charge in [0.15, 0.2) is 23.9 Å². The molecule has 2 aliphatic heterocycles. The highest BCUT2D eigenvalue weighted by molar-refractivity contribution is 5.78. The zero-order chi connectivity index (χ0) is 23.3. The molecule has 2 aliphatic rings. The monoisotopic (exact) mass is 462 g/mol. The maximum absolute atomic E-state index is 12.6. The lowest BCUT2D eigenvalue weighted by molar-refractivity contribution is -0.133. The summed E-state index contributed by atoms with van der Waals surface area (Å²) in [7, 11) is 0. The van der Waals surface area contributed by atoms with Gasteiger partial charge in [0.1, 0.15) is 11.5 Å². The lowest BCUT2D eigenvalue weighted by Gasteiger charge is -2.35. The number of amides is 1. The first-order valence-corrected chi connectivity index (χ1v) is 11.3. The minimum atomic E-state index is -0.0470. The fourth-order valence-electron chi connectivity index (χ4n) is 3.92. The predicted octanol–water partition coefficient (Wildman–Crippen LogP) is 3.00. The Labute approximate surface area is 197 Å². The molecular formula is C25H26N4O5. The highest BCUT2D eigenvalue weighted by Gasteiger charge is 2.23. The van der Waals surface area contributed by atoms with Gasteiger partial charge < -0.3 is 28.7 Å². The van der Waals surface area contributed by atoms with Crippen molar-refractivity contribution in [2.75, 3.05) is 51.1 Å². The fraction of sp³-hybridized carbons (Fsp3) is 0.320. The van der Waals surface area contributed by atoms with Crippen LogP contribution in [0.15, 0.2) is 54.6 Å². The van der Waals surface area contributed by atoms with Crippen molar-refractivity contribution in [3.63, 3.8) is 0 Å². The van der Waals surface area contributed by atoms with Crippen LogP contribution in [0, 0.1) is 0 Å². The van der Waals surface area contributed by atoms with Crippen molar-refractivity contribution in [3.8, 4) is 34.3 Å². The summed E-state index contributed by atoms with van der Waals surface area (Å²) in [4.78, 5) is 16.6. The zero-order valence-corrected chi connectivity index (χ0v) is 19.0. The van der Waals surface area contributed by atoms with E-state index in [0.29, 0.717) is 50.0 Å². The molecule has 1 fully saturated rings. The number of hydrogen-bond acceptors (Lipinski definition) is 8. The van der Waals surface area contributed by atoms with E-state index < -0.39 is 0 Å². The van der Waals surface area contributed by atoms with Gasteiger partial charge in [-0.2, -0.15) is 0 Å². The predicted molar refractivity (Wildman–Crippen MR) is 125 cm³/mol. The summed E-state index contributed by atoms with van der Waals surface area (Å²) in [6, 6.07) is 17.0. The van der Waals surface area contributed by atoms with Gasteiger partial charge in [-0.05, 0) is 55.5 Å². The van der Waals surface area contributed by atoms with E-state index in [4.69, 9.17) is 18.9 Å². The van der Waals surface area contributed by atoms with Gasteiger partial charge in [-0.15, -0.1) is 10.2 Å². The van der Waals surface area contributed by atoms with Crippen LogP contribution in [0.25, 0.3) is 11.3 Å². The van der Waals surface area contributed by atoms with E-state index in [1.54, 1.807) is 18.2 Å². The molecular weight excluding hydrogens is 436 g/mol. The Morgan fingerprint density at radius 3 is 2.38 bits per heavy atom. The maximum atomic E-state index is 12.6. The number of anilines is 1. The summed E-state index contributed by atoms with van der Waals surface area (Å²) in [5, 5.41) is 8.80. The molecule has 3 heterocycles. The van der Waals surface area contributed by atoms with Crippen LogP contribution in [0.5, 0.6) is 23.0 Å². The molecule has 0 unspecified atom stereocenters. The smallest absolute Gasteiger partial charge is 0.260 e. The lowest BCUT2D eigenvalue weighted by atomic mass is 10.1. The van der Waals surface area contributed by atoms with Gasteiger partial charge in [0.25, 0.3) is 5.91 Å². The van der Waals surface area contributed by atoms with E-state index in [2.05, 4.69) is 15.1 Å². The Balaban J connectivity index is 1.11. The van der Waals surface area contributed by atoms with Gasteiger partial charge in [-0.3, -0.25) is 4.79 Å². The molecule has 9 nitrogen and oxygen atoms in total. The van der Waals surface area contributed by atoms with Crippen molar-refractivity contribution in [2.45, 2.75) is 6.92 Å². The topological polar surface area (TPSA) is 86.3 Å². The number of carbonyl (C=O) groups excluding carboxylic acids is 1. The number of rotatable bonds is 7. The molecule has 3 aromatic rings. The van der Waals surface area contributed by atoms with Crippen molar-refractivity contribution in [1.82, 2.24) is 15.1 Å². The Kier molecular flexibility index (Phi) is 6.33. The van der Waals surface area contributed by atoms with Crippen LogP contribution in [0.2, 0.25) is 0 Å². The Hall–Kier alpha value is -4.01. The second kappa shape index (κ2) is 9.86. The Bertz CT molecular complexity index is 1130. The molecule has 9 heteroatoms. The molecule has 5 rings (SSSR count). The van der Waals surface area contributed by atoms with Crippen molar-refractivity contribution >= 4 is 11.7 Å². The van der Waals surface area contributed by atoms with Crippen LogP contribution < -0.4 is 23.8 Å². The van der Waals surface area contributed by atoms with Gasteiger partial charge >= 0.3 is 0 Å². The van der Waals surface area contributed by atoms with Crippen molar-refractivity contribution in [3.05, 3.63) is 54.6 Å². The van der Waals surface area contributed by atoms with Gasteiger partial charge in [-0.1, -0.05) is 0 Å². The second-order valence-corrected chi connectivity index (χ2v) is 7.91. The third-order valence-corrected chi connectivity index (χ3v) is 5.77. The molecule has 0 N–H and O–H groups in total. The summed E-state index contributed by atoms with van der Waals surface area (Å²) in [6.45, 7) is 5.37. The maximum Gasteiger partial charge on any atom is 0.260 e. The minimum Gasteiger partial charge on any atom is -0.494 e. The molecule has 176 valence electrons. The average Bonchev–Trinajstić information content (AvgIpc) is 3.36. The number of piperazine rings is 1. The van der Waals surface area contributed by atoms with E-state index in [1.165, 1.54) is 0 Å². The minimum absolute atomic E-state index is 0.0176. The first-order valence-electron chi connectivity index (χ1n) is 11.3. The van der Waals surface area contributed by atoms with Crippen LogP contribution in [0.4, 0.5) is 5.82 Å². The molecule has 0 bridgehead atoms. The van der Waals surface area contributed by atoms with Crippen molar-refractivity contribution in [1.29, 1.82) is 0 Å². The van der Waals surface area contributed by atoms with Crippen LogP contribution >= 0.6 is 0 Å². The number of fused-ring (bicyclic) bond motifs is 1. The standard InChI is InChI=1S/C25H26N4O5/c1-2-31-19-5-3-18(4-6-19)21-8-10-24(27-26-21)28-11-13-29(14-12-28)25(30)16-32-20-7-9-22-23(15-20)34-17-33-22/h3-10,15H,2,11-14,16-17H2,1H3. The number of benzene rings is 2. The molecule has 0 radical (unpaired) electrons. The number of nitrogens with zero attached hydrogens (tertiary/aromatic N) is 4. The van der Waals surface area contributed by atoms with Crippen LogP contribution in [-0.4, -0.2) is 67.2 Å². The highest BCUT2D eigenvalue weighted by atomic mass is 16.7. The normalized spacial score (nSPS) is 14.7. The van der Waals surface area contributed by atoms with Crippen LogP contribution in [0.3, 0.4) is 0 Å². The molecule has 0 atom stereocenters. The van der Waals surface area contributed by atoms with E-state index in [-0.39, 0.29) is 19.3 Å². The summed E-state index contributed by atoms with van der Waals surface area (Å²) in [6.07, 6.45) is 0. The summed E-state index contributed by atoms with van der Waals surface area (Å²) >= 11 is 0. The van der Waals surface area contributed by atoms with E-state index in [1.807, 2.05) is 48.2 Å². The first kappa shape index (κ1) is 21.8.